The van der Waals surface area contributed by atoms with E-state index in [2.05, 4.69) is 15.4 Å². The Kier molecular flexibility index (Phi) is 2.80. The van der Waals surface area contributed by atoms with E-state index in [0.717, 1.165) is 0 Å². The normalized spacial score (nSPS) is 12.6. The van der Waals surface area contributed by atoms with Crippen LogP contribution >= 0.6 is 0 Å². The predicted octanol–water partition coefficient (Wildman–Crippen LogP) is 0.817. The van der Waals surface area contributed by atoms with Gasteiger partial charge in [-0.3, -0.25) is 4.79 Å². The summed E-state index contributed by atoms with van der Waals surface area (Å²) in [5, 5.41) is 6.45. The summed E-state index contributed by atoms with van der Waals surface area (Å²) in [6.45, 7) is 1.00. The zero-order valence-electron chi connectivity index (χ0n) is 8.72. The monoisotopic (exact) mass is 222 g/mol. The molecule has 6 heteroatoms. The third-order valence-electron chi connectivity index (χ3n) is 2.16. The minimum absolute atomic E-state index is 0.344. The lowest BCUT2D eigenvalue weighted by Crippen LogP contribution is -2.34. The van der Waals surface area contributed by atoms with Crippen LogP contribution in [0.25, 0.3) is 5.65 Å². The largest absolute Gasteiger partial charge is 0.347 e. The number of carbonyl (C=O) groups is 1. The molecule has 0 saturated carbocycles. The van der Waals surface area contributed by atoms with Crippen molar-refractivity contribution in [1.82, 2.24) is 19.9 Å². The Morgan fingerprint density at radius 2 is 2.50 bits per heavy atom. The molecule has 0 radical (unpaired) electrons. The van der Waals surface area contributed by atoms with E-state index in [4.69, 9.17) is 0 Å². The van der Waals surface area contributed by atoms with Gasteiger partial charge in [0.25, 0.3) is 5.91 Å². The summed E-state index contributed by atoms with van der Waals surface area (Å²) in [6.07, 6.45) is 3.06. The fraction of sp³-hybridized carbons (Fsp3) is 0.300. The number of hydrogen-bond donors (Lipinski definition) is 1. The summed E-state index contributed by atoms with van der Waals surface area (Å²) in [5.41, 5.74) is 0.853. The lowest BCUT2D eigenvalue weighted by Gasteiger charge is -2.09. The molecule has 0 aliphatic rings. The van der Waals surface area contributed by atoms with Crippen molar-refractivity contribution in [3.63, 3.8) is 0 Å². The molecule has 2 aromatic heterocycles. The topological polar surface area (TPSA) is 59.3 Å². The number of halogens is 1. The Hall–Kier alpha value is -1.98. The van der Waals surface area contributed by atoms with Crippen LogP contribution < -0.4 is 5.32 Å². The Morgan fingerprint density at radius 3 is 3.25 bits per heavy atom. The maximum atomic E-state index is 12.3. The van der Waals surface area contributed by atoms with Crippen LogP contribution in [0, 0.1) is 0 Å². The molecule has 1 N–H and O–H groups in total. The highest BCUT2D eigenvalue weighted by Crippen LogP contribution is 2.06. The van der Waals surface area contributed by atoms with E-state index in [1.54, 1.807) is 25.3 Å². The molecule has 16 heavy (non-hydrogen) atoms. The molecule has 84 valence electrons. The number of alkyl halides is 1. The van der Waals surface area contributed by atoms with Gasteiger partial charge in [-0.05, 0) is 19.1 Å². The Labute approximate surface area is 91.3 Å². The van der Waals surface area contributed by atoms with Crippen molar-refractivity contribution >= 4 is 11.6 Å². The van der Waals surface area contributed by atoms with Crippen LogP contribution in [0.4, 0.5) is 4.39 Å². The molecule has 1 amide bonds. The van der Waals surface area contributed by atoms with E-state index in [1.807, 2.05) is 0 Å². The first-order valence-corrected chi connectivity index (χ1v) is 4.87. The maximum Gasteiger partial charge on any atom is 0.255 e. The van der Waals surface area contributed by atoms with E-state index in [1.165, 1.54) is 10.8 Å². The first-order valence-electron chi connectivity index (χ1n) is 4.87. The van der Waals surface area contributed by atoms with Gasteiger partial charge in [0.15, 0.2) is 5.65 Å². The highest BCUT2D eigenvalue weighted by atomic mass is 19.1. The smallest absolute Gasteiger partial charge is 0.255 e. The number of nitrogens with one attached hydrogen (secondary N) is 1. The summed E-state index contributed by atoms with van der Waals surface area (Å²) < 4.78 is 13.8. The van der Waals surface area contributed by atoms with E-state index in [-0.39, 0.29) is 5.91 Å². The highest BCUT2D eigenvalue weighted by Gasteiger charge is 2.13. The first kappa shape index (κ1) is 10.5. The third kappa shape index (κ3) is 1.86. The number of fused-ring (bicyclic) bond motifs is 1. The molecule has 0 spiro atoms. The number of amides is 1. The minimum atomic E-state index is -0.596. The SMILES string of the molecule is CC(CF)NC(=O)c1cccn2ncnc12. The van der Waals surface area contributed by atoms with Gasteiger partial charge in [-0.25, -0.2) is 13.9 Å². The summed E-state index contributed by atoms with van der Waals surface area (Å²) in [4.78, 5) is 15.7. The van der Waals surface area contributed by atoms with Crippen molar-refractivity contribution in [3.05, 3.63) is 30.2 Å². The summed E-state index contributed by atoms with van der Waals surface area (Å²) in [7, 11) is 0. The second-order valence-corrected chi connectivity index (χ2v) is 3.48. The molecule has 0 bridgehead atoms. The van der Waals surface area contributed by atoms with Crippen molar-refractivity contribution in [2.24, 2.45) is 0 Å². The molecule has 0 fully saturated rings. The second-order valence-electron chi connectivity index (χ2n) is 3.48. The van der Waals surface area contributed by atoms with Gasteiger partial charge in [-0.15, -0.1) is 0 Å². The van der Waals surface area contributed by atoms with Gasteiger partial charge < -0.3 is 5.32 Å². The lowest BCUT2D eigenvalue weighted by atomic mass is 10.2. The average Bonchev–Trinajstić information content (AvgIpc) is 2.76. The molecule has 1 unspecified atom stereocenters. The Morgan fingerprint density at radius 1 is 1.69 bits per heavy atom. The molecule has 2 heterocycles. The summed E-state index contributed by atoms with van der Waals surface area (Å²) in [6, 6.07) is 2.82. The lowest BCUT2D eigenvalue weighted by molar-refractivity contribution is 0.0935. The number of nitrogens with zero attached hydrogens (tertiary/aromatic N) is 3. The maximum absolute atomic E-state index is 12.3. The number of pyridine rings is 1. The van der Waals surface area contributed by atoms with E-state index in [9.17, 15) is 9.18 Å². The van der Waals surface area contributed by atoms with Crippen molar-refractivity contribution in [1.29, 1.82) is 0 Å². The van der Waals surface area contributed by atoms with Crippen LogP contribution in [0.2, 0.25) is 0 Å². The fourth-order valence-corrected chi connectivity index (χ4v) is 1.36. The van der Waals surface area contributed by atoms with Gasteiger partial charge in [0.1, 0.15) is 13.0 Å². The van der Waals surface area contributed by atoms with Gasteiger partial charge >= 0.3 is 0 Å². The predicted molar refractivity (Wildman–Crippen MR) is 55.9 cm³/mol. The van der Waals surface area contributed by atoms with Crippen molar-refractivity contribution in [2.75, 3.05) is 6.67 Å². The average molecular weight is 222 g/mol. The quantitative estimate of drug-likeness (QED) is 0.836. The van der Waals surface area contributed by atoms with Gasteiger partial charge in [-0.2, -0.15) is 5.10 Å². The minimum Gasteiger partial charge on any atom is -0.347 e. The molecular formula is C10H11FN4O. The number of aromatic nitrogens is 3. The van der Waals surface area contributed by atoms with Crippen LogP contribution in [0.3, 0.4) is 0 Å². The number of rotatable bonds is 3. The molecule has 2 rings (SSSR count). The molecule has 1 atom stereocenters. The van der Waals surface area contributed by atoms with Crippen molar-refractivity contribution in [2.45, 2.75) is 13.0 Å². The van der Waals surface area contributed by atoms with Crippen LogP contribution in [0.1, 0.15) is 17.3 Å². The van der Waals surface area contributed by atoms with E-state index >= 15 is 0 Å². The van der Waals surface area contributed by atoms with Gasteiger partial charge in [-0.1, -0.05) is 0 Å². The summed E-state index contributed by atoms with van der Waals surface area (Å²) in [5.74, 6) is -0.344. The van der Waals surface area contributed by atoms with Crippen LogP contribution in [0.15, 0.2) is 24.7 Å². The second kappa shape index (κ2) is 4.26. The number of hydrogen-bond acceptors (Lipinski definition) is 3. The Bertz CT molecular complexity index is 510. The summed E-state index contributed by atoms with van der Waals surface area (Å²) >= 11 is 0. The molecule has 0 saturated heterocycles. The van der Waals surface area contributed by atoms with Crippen molar-refractivity contribution < 1.29 is 9.18 Å². The highest BCUT2D eigenvalue weighted by molar-refractivity contribution is 5.99. The standard InChI is InChI=1S/C10H11FN4O/c1-7(5-11)14-10(16)8-3-2-4-15-9(8)12-6-13-15/h2-4,6-7H,5H2,1H3,(H,14,16). The molecule has 0 aliphatic carbocycles. The fourth-order valence-electron chi connectivity index (χ4n) is 1.36. The zero-order chi connectivity index (χ0) is 11.5. The number of carbonyl (C=O) groups excluding carboxylic acids is 1. The molecule has 2 aromatic rings. The molecule has 5 nitrogen and oxygen atoms in total. The molecule has 0 aromatic carbocycles. The third-order valence-corrected chi connectivity index (χ3v) is 2.16. The van der Waals surface area contributed by atoms with Crippen LogP contribution in [0.5, 0.6) is 0 Å². The zero-order valence-corrected chi connectivity index (χ0v) is 8.72. The van der Waals surface area contributed by atoms with E-state index in [0.29, 0.717) is 11.2 Å². The van der Waals surface area contributed by atoms with E-state index < -0.39 is 12.7 Å². The van der Waals surface area contributed by atoms with Crippen LogP contribution in [-0.2, 0) is 0 Å². The Balaban J connectivity index is 2.32. The van der Waals surface area contributed by atoms with Gasteiger partial charge in [0.2, 0.25) is 0 Å². The van der Waals surface area contributed by atoms with Gasteiger partial charge in [0, 0.05) is 6.20 Å². The molecule has 0 aliphatic heterocycles. The van der Waals surface area contributed by atoms with Crippen LogP contribution in [-0.4, -0.2) is 33.2 Å². The first-order chi connectivity index (χ1) is 7.72. The van der Waals surface area contributed by atoms with Gasteiger partial charge in [0.05, 0.1) is 11.6 Å². The van der Waals surface area contributed by atoms with Crippen molar-refractivity contribution in [3.8, 4) is 0 Å². The molecular weight excluding hydrogens is 211 g/mol.